The molecule has 1 aromatic heterocycles. The van der Waals surface area contributed by atoms with Crippen LogP contribution in [0.25, 0.3) is 0 Å². The highest BCUT2D eigenvalue weighted by atomic mass is 16.5. The molecule has 4 heteroatoms. The molecule has 0 aliphatic heterocycles. The maximum Gasteiger partial charge on any atom is 0.321 e. The molecule has 1 saturated carbocycles. The fourth-order valence-electron chi connectivity index (χ4n) is 2.07. The molecule has 2 unspecified atom stereocenters. The zero-order valence-corrected chi connectivity index (χ0v) is 8.79. The van der Waals surface area contributed by atoms with Crippen molar-refractivity contribution in [3.8, 4) is 0 Å². The van der Waals surface area contributed by atoms with Crippen LogP contribution in [0, 0.1) is 5.92 Å². The van der Waals surface area contributed by atoms with Gasteiger partial charge < -0.3 is 9.84 Å². The molecule has 0 bridgehead atoms. The third-order valence-corrected chi connectivity index (χ3v) is 2.83. The van der Waals surface area contributed by atoms with Gasteiger partial charge in [-0.2, -0.15) is 4.98 Å². The first-order valence-electron chi connectivity index (χ1n) is 5.37. The van der Waals surface area contributed by atoms with E-state index in [0.29, 0.717) is 11.9 Å². The predicted octanol–water partition coefficient (Wildman–Crippen LogP) is 2.41. The second-order valence-electron chi connectivity index (χ2n) is 4.10. The topological polar surface area (TPSA) is 51.0 Å². The van der Waals surface area contributed by atoms with Crippen LogP contribution in [0.3, 0.4) is 0 Å². The Morgan fingerprint density at radius 2 is 2.36 bits per heavy atom. The standard InChI is InChI=1S/C10H17N3O/c1-3-11-10-12-9(13-14-10)8-5-4-7(2)6-8/h7-8H,3-6H2,1-2H3,(H,11,12,13). The maximum atomic E-state index is 5.08. The van der Waals surface area contributed by atoms with E-state index < -0.39 is 0 Å². The van der Waals surface area contributed by atoms with Crippen LogP contribution in [-0.2, 0) is 0 Å². The Morgan fingerprint density at radius 3 is 3.00 bits per heavy atom. The van der Waals surface area contributed by atoms with Crippen molar-refractivity contribution in [1.82, 2.24) is 10.1 Å². The molecule has 0 spiro atoms. The van der Waals surface area contributed by atoms with E-state index in [1.807, 2.05) is 6.92 Å². The van der Waals surface area contributed by atoms with E-state index in [9.17, 15) is 0 Å². The zero-order chi connectivity index (χ0) is 9.97. The second-order valence-corrected chi connectivity index (χ2v) is 4.10. The van der Waals surface area contributed by atoms with E-state index in [4.69, 9.17) is 4.52 Å². The first-order valence-corrected chi connectivity index (χ1v) is 5.37. The van der Waals surface area contributed by atoms with Crippen LogP contribution in [-0.4, -0.2) is 16.7 Å². The molecule has 2 rings (SSSR count). The van der Waals surface area contributed by atoms with Gasteiger partial charge in [-0.3, -0.25) is 0 Å². The van der Waals surface area contributed by atoms with Crippen molar-refractivity contribution in [3.05, 3.63) is 5.82 Å². The Balaban J connectivity index is 2.02. The third-order valence-electron chi connectivity index (χ3n) is 2.83. The van der Waals surface area contributed by atoms with E-state index in [-0.39, 0.29) is 0 Å². The van der Waals surface area contributed by atoms with Crippen LogP contribution in [0.4, 0.5) is 6.01 Å². The van der Waals surface area contributed by atoms with Gasteiger partial charge in [0.05, 0.1) is 0 Å². The van der Waals surface area contributed by atoms with Gasteiger partial charge in [-0.15, -0.1) is 0 Å². The Kier molecular flexibility index (Phi) is 2.70. The van der Waals surface area contributed by atoms with Gasteiger partial charge in [0, 0.05) is 12.5 Å². The normalized spacial score (nSPS) is 26.7. The summed E-state index contributed by atoms with van der Waals surface area (Å²) < 4.78 is 5.08. The molecule has 0 aromatic carbocycles. The number of hydrogen-bond acceptors (Lipinski definition) is 4. The number of aromatic nitrogens is 2. The highest BCUT2D eigenvalue weighted by molar-refractivity contribution is 5.18. The lowest BCUT2D eigenvalue weighted by molar-refractivity contribution is 0.415. The lowest BCUT2D eigenvalue weighted by Gasteiger charge is -2.01. The largest absolute Gasteiger partial charge is 0.338 e. The van der Waals surface area contributed by atoms with Crippen molar-refractivity contribution in [2.24, 2.45) is 5.92 Å². The van der Waals surface area contributed by atoms with Crippen LogP contribution in [0.5, 0.6) is 0 Å². The number of nitrogens with one attached hydrogen (secondary N) is 1. The molecule has 0 radical (unpaired) electrons. The van der Waals surface area contributed by atoms with Gasteiger partial charge in [0.15, 0.2) is 5.82 Å². The van der Waals surface area contributed by atoms with Crippen molar-refractivity contribution >= 4 is 6.01 Å². The van der Waals surface area contributed by atoms with Crippen LogP contribution >= 0.6 is 0 Å². The van der Waals surface area contributed by atoms with E-state index in [1.165, 1.54) is 19.3 Å². The summed E-state index contributed by atoms with van der Waals surface area (Å²) in [6.45, 7) is 5.12. The summed E-state index contributed by atoms with van der Waals surface area (Å²) in [5.74, 6) is 2.20. The van der Waals surface area contributed by atoms with Gasteiger partial charge in [0.2, 0.25) is 0 Å². The molecule has 4 nitrogen and oxygen atoms in total. The first kappa shape index (κ1) is 9.49. The number of anilines is 1. The average molecular weight is 195 g/mol. The fraction of sp³-hybridized carbons (Fsp3) is 0.800. The minimum absolute atomic E-state index is 0.515. The van der Waals surface area contributed by atoms with Gasteiger partial charge in [0.25, 0.3) is 0 Å². The molecule has 1 aliphatic rings. The first-order chi connectivity index (χ1) is 6.79. The van der Waals surface area contributed by atoms with E-state index in [2.05, 4.69) is 22.4 Å². The van der Waals surface area contributed by atoms with E-state index in [0.717, 1.165) is 18.3 Å². The maximum absolute atomic E-state index is 5.08. The molecular formula is C10H17N3O. The van der Waals surface area contributed by atoms with Crippen LogP contribution in [0.2, 0.25) is 0 Å². The van der Waals surface area contributed by atoms with Crippen molar-refractivity contribution in [1.29, 1.82) is 0 Å². The van der Waals surface area contributed by atoms with E-state index in [1.54, 1.807) is 0 Å². The Bertz CT molecular complexity index is 297. The molecule has 14 heavy (non-hydrogen) atoms. The van der Waals surface area contributed by atoms with Crippen molar-refractivity contribution in [2.75, 3.05) is 11.9 Å². The summed E-state index contributed by atoms with van der Waals surface area (Å²) in [5.41, 5.74) is 0. The van der Waals surface area contributed by atoms with Gasteiger partial charge >= 0.3 is 6.01 Å². The second kappa shape index (κ2) is 3.98. The molecule has 1 aromatic rings. The predicted molar refractivity (Wildman–Crippen MR) is 54.2 cm³/mol. The lowest BCUT2D eigenvalue weighted by atomic mass is 10.1. The van der Waals surface area contributed by atoms with Crippen molar-refractivity contribution in [2.45, 2.75) is 39.0 Å². The van der Waals surface area contributed by atoms with Gasteiger partial charge in [-0.1, -0.05) is 12.1 Å². The molecule has 0 amide bonds. The van der Waals surface area contributed by atoms with Crippen molar-refractivity contribution < 1.29 is 4.52 Å². The summed E-state index contributed by atoms with van der Waals surface area (Å²) in [6.07, 6.45) is 3.69. The fourth-order valence-corrected chi connectivity index (χ4v) is 2.07. The third kappa shape index (κ3) is 1.89. The molecule has 1 heterocycles. The van der Waals surface area contributed by atoms with Crippen LogP contribution in [0.15, 0.2) is 4.52 Å². The Labute approximate surface area is 84.1 Å². The molecular weight excluding hydrogens is 178 g/mol. The highest BCUT2D eigenvalue weighted by Gasteiger charge is 2.26. The number of rotatable bonds is 3. The average Bonchev–Trinajstić information content (AvgIpc) is 2.74. The summed E-state index contributed by atoms with van der Waals surface area (Å²) in [4.78, 5) is 4.33. The van der Waals surface area contributed by atoms with Gasteiger partial charge in [0.1, 0.15) is 0 Å². The zero-order valence-electron chi connectivity index (χ0n) is 8.79. The quantitative estimate of drug-likeness (QED) is 0.804. The Morgan fingerprint density at radius 1 is 1.50 bits per heavy atom. The minimum atomic E-state index is 0.515. The molecule has 2 atom stereocenters. The number of nitrogens with zero attached hydrogens (tertiary/aromatic N) is 2. The molecule has 0 saturated heterocycles. The minimum Gasteiger partial charge on any atom is -0.338 e. The molecule has 1 N–H and O–H groups in total. The Hall–Kier alpha value is -1.06. The van der Waals surface area contributed by atoms with Crippen LogP contribution < -0.4 is 5.32 Å². The van der Waals surface area contributed by atoms with Crippen LogP contribution in [0.1, 0.15) is 44.9 Å². The summed E-state index contributed by atoms with van der Waals surface area (Å²) in [6, 6.07) is 0.557. The van der Waals surface area contributed by atoms with E-state index >= 15 is 0 Å². The molecule has 78 valence electrons. The monoisotopic (exact) mass is 195 g/mol. The molecule has 1 aliphatic carbocycles. The summed E-state index contributed by atoms with van der Waals surface area (Å²) in [7, 11) is 0. The lowest BCUT2D eigenvalue weighted by Crippen LogP contribution is -1.99. The molecule has 1 fully saturated rings. The summed E-state index contributed by atoms with van der Waals surface area (Å²) in [5, 5.41) is 7.02. The van der Waals surface area contributed by atoms with Crippen molar-refractivity contribution in [3.63, 3.8) is 0 Å². The van der Waals surface area contributed by atoms with Gasteiger partial charge in [-0.05, 0) is 32.1 Å². The smallest absolute Gasteiger partial charge is 0.321 e. The highest BCUT2D eigenvalue weighted by Crippen LogP contribution is 2.36. The number of hydrogen-bond donors (Lipinski definition) is 1. The summed E-state index contributed by atoms with van der Waals surface area (Å²) >= 11 is 0. The van der Waals surface area contributed by atoms with Gasteiger partial charge in [-0.25, -0.2) is 0 Å². The SMILES string of the molecule is CCNc1nc(C2CCC(C)C2)no1.